The Morgan fingerprint density at radius 3 is 2.75 bits per heavy atom. The first kappa shape index (κ1) is 14.0. The largest absolute Gasteiger partial charge is 0.378 e. The molecular weight excluding hydrogens is 198 g/mol. The van der Waals surface area contributed by atoms with E-state index in [0.29, 0.717) is 12.1 Å². The Morgan fingerprint density at radius 2 is 2.00 bits per heavy atom. The maximum atomic E-state index is 5.75. The molecule has 2 atom stereocenters. The van der Waals surface area contributed by atoms with E-state index in [-0.39, 0.29) is 0 Å². The summed E-state index contributed by atoms with van der Waals surface area (Å²) in [7, 11) is 0. The molecule has 1 fully saturated rings. The number of rotatable bonds is 8. The van der Waals surface area contributed by atoms with E-state index < -0.39 is 0 Å². The van der Waals surface area contributed by atoms with Crippen molar-refractivity contribution in [2.75, 3.05) is 13.2 Å². The minimum Gasteiger partial charge on any atom is -0.378 e. The van der Waals surface area contributed by atoms with Crippen LogP contribution in [0.2, 0.25) is 0 Å². The van der Waals surface area contributed by atoms with Gasteiger partial charge in [-0.1, -0.05) is 39.5 Å². The average Bonchev–Trinajstić information content (AvgIpc) is 2.30. The zero-order valence-electron chi connectivity index (χ0n) is 11.1. The van der Waals surface area contributed by atoms with Gasteiger partial charge in [0, 0.05) is 12.6 Å². The number of unbranched alkanes of at least 4 members (excludes halogenated alkanes) is 3. The third-order valence-electron chi connectivity index (χ3n) is 3.44. The lowest BCUT2D eigenvalue weighted by molar-refractivity contribution is -0.00311. The van der Waals surface area contributed by atoms with Crippen LogP contribution in [0.25, 0.3) is 0 Å². The van der Waals surface area contributed by atoms with Gasteiger partial charge < -0.3 is 10.1 Å². The van der Waals surface area contributed by atoms with Crippen molar-refractivity contribution >= 4 is 0 Å². The van der Waals surface area contributed by atoms with Gasteiger partial charge in [0.2, 0.25) is 0 Å². The van der Waals surface area contributed by atoms with E-state index in [1.165, 1.54) is 57.9 Å². The first-order chi connectivity index (χ1) is 7.86. The van der Waals surface area contributed by atoms with Gasteiger partial charge in [-0.3, -0.25) is 0 Å². The van der Waals surface area contributed by atoms with Gasteiger partial charge in [0.05, 0.1) is 6.10 Å². The Bertz CT molecular complexity index is 159. The van der Waals surface area contributed by atoms with Crippen molar-refractivity contribution < 1.29 is 4.74 Å². The van der Waals surface area contributed by atoms with E-state index in [1.807, 2.05) is 0 Å². The molecule has 16 heavy (non-hydrogen) atoms. The summed E-state index contributed by atoms with van der Waals surface area (Å²) in [5.41, 5.74) is 0. The predicted octanol–water partition coefficient (Wildman–Crippen LogP) is 3.50. The van der Waals surface area contributed by atoms with Gasteiger partial charge in [-0.25, -0.2) is 0 Å². The molecule has 0 amide bonds. The first-order valence-electron chi connectivity index (χ1n) is 7.21. The van der Waals surface area contributed by atoms with Crippen molar-refractivity contribution in [3.8, 4) is 0 Å². The molecule has 2 unspecified atom stereocenters. The van der Waals surface area contributed by atoms with Gasteiger partial charge in [-0.05, 0) is 32.2 Å². The number of nitrogens with one attached hydrogen (secondary N) is 1. The van der Waals surface area contributed by atoms with E-state index in [1.54, 1.807) is 0 Å². The Balaban J connectivity index is 2.02. The summed E-state index contributed by atoms with van der Waals surface area (Å²) < 4.78 is 5.75. The monoisotopic (exact) mass is 227 g/mol. The summed E-state index contributed by atoms with van der Waals surface area (Å²) >= 11 is 0. The second kappa shape index (κ2) is 9.00. The maximum Gasteiger partial charge on any atom is 0.0589 e. The molecule has 0 aliphatic carbocycles. The normalized spacial score (nSPS) is 25.9. The van der Waals surface area contributed by atoms with Gasteiger partial charge in [-0.2, -0.15) is 0 Å². The number of hydrogen-bond acceptors (Lipinski definition) is 2. The van der Waals surface area contributed by atoms with E-state index in [0.717, 1.165) is 6.61 Å². The van der Waals surface area contributed by atoms with E-state index >= 15 is 0 Å². The highest BCUT2D eigenvalue weighted by Gasteiger charge is 2.20. The number of ether oxygens (including phenoxy) is 1. The fraction of sp³-hybridized carbons (Fsp3) is 1.00. The van der Waals surface area contributed by atoms with Crippen molar-refractivity contribution in [3.63, 3.8) is 0 Å². The predicted molar refractivity (Wildman–Crippen MR) is 69.8 cm³/mol. The quantitative estimate of drug-likeness (QED) is 0.641. The molecule has 1 N–H and O–H groups in total. The topological polar surface area (TPSA) is 21.3 Å². The maximum absolute atomic E-state index is 5.75. The molecule has 0 saturated carbocycles. The van der Waals surface area contributed by atoms with Crippen molar-refractivity contribution in [2.45, 2.75) is 77.4 Å². The zero-order valence-corrected chi connectivity index (χ0v) is 11.1. The highest BCUT2D eigenvalue weighted by molar-refractivity contribution is 4.76. The summed E-state index contributed by atoms with van der Waals surface area (Å²) in [5, 5.41) is 3.69. The Hall–Kier alpha value is -0.0800. The molecule has 1 heterocycles. The summed E-state index contributed by atoms with van der Waals surface area (Å²) in [6, 6.07) is 0.715. The first-order valence-corrected chi connectivity index (χ1v) is 7.21. The summed E-state index contributed by atoms with van der Waals surface area (Å²) in [5.74, 6) is 0. The van der Waals surface area contributed by atoms with Gasteiger partial charge in [0.1, 0.15) is 0 Å². The van der Waals surface area contributed by atoms with Crippen LogP contribution in [0.4, 0.5) is 0 Å². The van der Waals surface area contributed by atoms with Crippen LogP contribution in [0.1, 0.15) is 65.2 Å². The Labute approximate surface area is 101 Å². The Kier molecular flexibility index (Phi) is 7.87. The third kappa shape index (κ3) is 5.86. The zero-order chi connectivity index (χ0) is 11.6. The SMILES string of the molecule is CCCCCCNC1CCOC(CCC)C1. The molecule has 1 aliphatic heterocycles. The fourth-order valence-corrected chi connectivity index (χ4v) is 2.45. The van der Waals surface area contributed by atoms with E-state index in [4.69, 9.17) is 4.74 Å². The van der Waals surface area contributed by atoms with Crippen LogP contribution < -0.4 is 5.32 Å². The van der Waals surface area contributed by atoms with Crippen molar-refractivity contribution in [1.82, 2.24) is 5.32 Å². The lowest BCUT2D eigenvalue weighted by Crippen LogP contribution is -2.39. The van der Waals surface area contributed by atoms with Crippen LogP contribution in [0.3, 0.4) is 0 Å². The molecule has 2 nitrogen and oxygen atoms in total. The highest BCUT2D eigenvalue weighted by Crippen LogP contribution is 2.17. The summed E-state index contributed by atoms with van der Waals surface area (Å²) in [6.07, 6.45) is 10.8. The third-order valence-corrected chi connectivity index (χ3v) is 3.44. The molecule has 1 rings (SSSR count). The standard InChI is InChI=1S/C14H29NO/c1-3-5-6-7-10-15-13-9-11-16-14(12-13)8-4-2/h13-15H,3-12H2,1-2H3. The van der Waals surface area contributed by atoms with Crippen LogP contribution in [-0.2, 0) is 4.74 Å². The van der Waals surface area contributed by atoms with E-state index in [2.05, 4.69) is 19.2 Å². The molecule has 0 aromatic carbocycles. The van der Waals surface area contributed by atoms with Crippen LogP contribution in [0.15, 0.2) is 0 Å². The average molecular weight is 227 g/mol. The fourth-order valence-electron chi connectivity index (χ4n) is 2.45. The second-order valence-electron chi connectivity index (χ2n) is 5.02. The molecule has 1 saturated heterocycles. The van der Waals surface area contributed by atoms with Crippen LogP contribution in [-0.4, -0.2) is 25.3 Å². The minimum atomic E-state index is 0.520. The summed E-state index contributed by atoms with van der Waals surface area (Å²) in [4.78, 5) is 0. The molecule has 0 spiro atoms. The van der Waals surface area contributed by atoms with Gasteiger partial charge in [-0.15, -0.1) is 0 Å². The van der Waals surface area contributed by atoms with Crippen LogP contribution in [0.5, 0.6) is 0 Å². The second-order valence-corrected chi connectivity index (χ2v) is 5.02. The molecule has 0 bridgehead atoms. The molecule has 0 radical (unpaired) electrons. The molecule has 96 valence electrons. The Morgan fingerprint density at radius 1 is 1.12 bits per heavy atom. The summed E-state index contributed by atoms with van der Waals surface area (Å²) in [6.45, 7) is 6.66. The number of hydrogen-bond donors (Lipinski definition) is 1. The highest BCUT2D eigenvalue weighted by atomic mass is 16.5. The van der Waals surface area contributed by atoms with Crippen molar-refractivity contribution in [3.05, 3.63) is 0 Å². The van der Waals surface area contributed by atoms with Crippen molar-refractivity contribution in [2.24, 2.45) is 0 Å². The van der Waals surface area contributed by atoms with Crippen molar-refractivity contribution in [1.29, 1.82) is 0 Å². The molecule has 0 aromatic rings. The van der Waals surface area contributed by atoms with Crippen LogP contribution >= 0.6 is 0 Å². The van der Waals surface area contributed by atoms with Gasteiger partial charge in [0.25, 0.3) is 0 Å². The lowest BCUT2D eigenvalue weighted by atomic mass is 10.00. The lowest BCUT2D eigenvalue weighted by Gasteiger charge is -2.30. The minimum absolute atomic E-state index is 0.520. The van der Waals surface area contributed by atoms with E-state index in [9.17, 15) is 0 Å². The molecule has 1 aliphatic rings. The molecule has 2 heteroatoms. The van der Waals surface area contributed by atoms with Gasteiger partial charge >= 0.3 is 0 Å². The molecular formula is C14H29NO. The smallest absolute Gasteiger partial charge is 0.0589 e. The van der Waals surface area contributed by atoms with Gasteiger partial charge in [0.15, 0.2) is 0 Å². The van der Waals surface area contributed by atoms with Crippen LogP contribution in [0, 0.1) is 0 Å². The molecule has 0 aromatic heterocycles.